The Bertz CT molecular complexity index is 178. The first kappa shape index (κ1) is 14.2. The summed E-state index contributed by atoms with van der Waals surface area (Å²) in [6.07, 6.45) is 19.0. The quantitative estimate of drug-likeness (QED) is 0.340. The molecule has 0 radical (unpaired) electrons. The molecule has 1 rings (SSSR count). The molecule has 1 heteroatoms. The average molecular weight is 240 g/mol. The Morgan fingerprint density at radius 2 is 1.88 bits per heavy atom. The van der Waals surface area contributed by atoms with E-state index in [0.717, 1.165) is 11.8 Å². The maximum absolute atomic E-state index is 2.87. The van der Waals surface area contributed by atoms with Crippen molar-refractivity contribution in [2.24, 2.45) is 11.8 Å². The zero-order valence-electron chi connectivity index (χ0n) is 11.0. The summed E-state index contributed by atoms with van der Waals surface area (Å²) < 4.78 is 0. The molecule has 0 bridgehead atoms. The van der Waals surface area contributed by atoms with Crippen molar-refractivity contribution in [2.75, 3.05) is 6.16 Å². The molecule has 0 N–H and O–H groups in total. The maximum Gasteiger partial charge on any atom is -0.0320 e. The molecule has 0 aromatic carbocycles. The van der Waals surface area contributed by atoms with Gasteiger partial charge in [-0.05, 0) is 44.2 Å². The topological polar surface area (TPSA) is 0 Å². The molecule has 2 atom stereocenters. The second-order valence-electron chi connectivity index (χ2n) is 5.25. The van der Waals surface area contributed by atoms with Crippen LogP contribution in [0.5, 0.6) is 0 Å². The van der Waals surface area contributed by atoms with Gasteiger partial charge in [0.25, 0.3) is 0 Å². The molecule has 2 unspecified atom stereocenters. The fourth-order valence-corrected chi connectivity index (χ4v) is 3.25. The molecule has 1 saturated carbocycles. The third-order valence-electron chi connectivity index (χ3n) is 4.02. The van der Waals surface area contributed by atoms with Crippen molar-refractivity contribution in [2.45, 2.75) is 64.7 Å². The zero-order chi connectivity index (χ0) is 11.6. The lowest BCUT2D eigenvalue weighted by Crippen LogP contribution is -2.14. The van der Waals surface area contributed by atoms with E-state index in [-0.39, 0.29) is 0 Å². The Morgan fingerprint density at radius 1 is 1.19 bits per heavy atom. The minimum atomic E-state index is 0.967. The maximum atomic E-state index is 2.87. The van der Waals surface area contributed by atoms with Crippen LogP contribution in [0.1, 0.15) is 64.7 Å². The van der Waals surface area contributed by atoms with Crippen molar-refractivity contribution in [3.8, 4) is 0 Å². The smallest absolute Gasteiger partial charge is 0.0320 e. The molecule has 0 saturated heterocycles. The number of allylic oxidation sites excluding steroid dienone is 2. The van der Waals surface area contributed by atoms with E-state index in [9.17, 15) is 0 Å². The van der Waals surface area contributed by atoms with Crippen LogP contribution in [0.2, 0.25) is 0 Å². The average Bonchev–Trinajstić information content (AvgIpc) is 2.58. The first-order valence-electron chi connectivity index (χ1n) is 7.19. The molecule has 1 aliphatic rings. The van der Waals surface area contributed by atoms with E-state index in [1.165, 1.54) is 63.9 Å². The molecule has 94 valence electrons. The van der Waals surface area contributed by atoms with Crippen LogP contribution in [-0.2, 0) is 0 Å². The Balaban J connectivity index is 2.43. The van der Waals surface area contributed by atoms with Crippen molar-refractivity contribution >= 4 is 9.24 Å². The second kappa shape index (κ2) is 9.23. The minimum Gasteiger partial charge on any atom is -0.138 e. The molecule has 0 aromatic rings. The van der Waals surface area contributed by atoms with Crippen LogP contribution in [0.3, 0.4) is 0 Å². The van der Waals surface area contributed by atoms with Crippen LogP contribution >= 0.6 is 9.24 Å². The first-order valence-corrected chi connectivity index (χ1v) is 8.01. The fourth-order valence-electron chi connectivity index (χ4n) is 3.02. The van der Waals surface area contributed by atoms with Crippen molar-refractivity contribution in [1.82, 2.24) is 0 Å². The third-order valence-corrected chi connectivity index (χ3v) is 4.43. The van der Waals surface area contributed by atoms with Gasteiger partial charge in [-0.1, -0.05) is 50.7 Å². The fraction of sp³-hybridized carbons (Fsp3) is 0.867. The van der Waals surface area contributed by atoms with E-state index < -0.39 is 0 Å². The zero-order valence-corrected chi connectivity index (χ0v) is 12.1. The molecule has 0 aliphatic heterocycles. The van der Waals surface area contributed by atoms with Gasteiger partial charge < -0.3 is 0 Å². The van der Waals surface area contributed by atoms with Gasteiger partial charge in [0.15, 0.2) is 0 Å². The summed E-state index contributed by atoms with van der Waals surface area (Å²) in [5.41, 5.74) is 0. The van der Waals surface area contributed by atoms with Gasteiger partial charge in [0.2, 0.25) is 0 Å². The van der Waals surface area contributed by atoms with Crippen LogP contribution in [0, 0.1) is 11.8 Å². The van der Waals surface area contributed by atoms with Crippen LogP contribution < -0.4 is 0 Å². The van der Waals surface area contributed by atoms with Crippen LogP contribution in [0.4, 0.5) is 0 Å². The van der Waals surface area contributed by atoms with Crippen LogP contribution in [0.15, 0.2) is 12.2 Å². The first-order chi connectivity index (χ1) is 7.88. The van der Waals surface area contributed by atoms with E-state index in [4.69, 9.17) is 0 Å². The van der Waals surface area contributed by atoms with Crippen LogP contribution in [0.25, 0.3) is 0 Å². The molecule has 0 aromatic heterocycles. The molecule has 1 fully saturated rings. The second-order valence-corrected chi connectivity index (χ2v) is 5.82. The summed E-state index contributed by atoms with van der Waals surface area (Å²) in [6.45, 7) is 2.15. The Morgan fingerprint density at radius 3 is 2.44 bits per heavy atom. The van der Waals surface area contributed by atoms with Crippen molar-refractivity contribution in [1.29, 1.82) is 0 Å². The van der Waals surface area contributed by atoms with E-state index in [1.54, 1.807) is 0 Å². The van der Waals surface area contributed by atoms with Crippen molar-refractivity contribution in [3.05, 3.63) is 12.2 Å². The van der Waals surface area contributed by atoms with Gasteiger partial charge in [-0.3, -0.25) is 0 Å². The Kier molecular flexibility index (Phi) is 8.21. The number of hydrogen-bond donors (Lipinski definition) is 0. The summed E-state index contributed by atoms with van der Waals surface area (Å²) >= 11 is 0. The highest BCUT2D eigenvalue weighted by Gasteiger charge is 2.21. The molecular formula is C15H29P. The molecule has 0 spiro atoms. The van der Waals surface area contributed by atoms with Gasteiger partial charge in [0.1, 0.15) is 0 Å². The predicted molar refractivity (Wildman–Crippen MR) is 77.9 cm³/mol. The number of hydrogen-bond acceptors (Lipinski definition) is 0. The number of rotatable bonds is 6. The standard InChI is InChI=1S/C15H29P/c1-2-3-9-14(12-8-13-16)15-10-6-4-5-7-11-15/h2-3,14-15H,4-13,16H2,1H3. The molecule has 1 aliphatic carbocycles. The molecule has 16 heavy (non-hydrogen) atoms. The Hall–Kier alpha value is 0.170. The van der Waals surface area contributed by atoms with Gasteiger partial charge in [0, 0.05) is 0 Å². The minimum absolute atomic E-state index is 0.967. The van der Waals surface area contributed by atoms with Gasteiger partial charge in [-0.15, -0.1) is 9.24 Å². The SMILES string of the molecule is CC=CCC(CCCP)C1CCCCCC1. The van der Waals surface area contributed by atoms with Gasteiger partial charge in [-0.2, -0.15) is 0 Å². The summed E-state index contributed by atoms with van der Waals surface area (Å²) in [4.78, 5) is 0. The van der Waals surface area contributed by atoms with Crippen LogP contribution in [-0.4, -0.2) is 6.16 Å². The summed E-state index contributed by atoms with van der Waals surface area (Å²) in [5, 5.41) is 0. The van der Waals surface area contributed by atoms with Gasteiger partial charge in [-0.25, -0.2) is 0 Å². The van der Waals surface area contributed by atoms with E-state index in [2.05, 4.69) is 28.3 Å². The molecule has 0 heterocycles. The predicted octanol–water partition coefficient (Wildman–Crippen LogP) is 5.19. The molecule has 0 amide bonds. The molecular weight excluding hydrogens is 211 g/mol. The highest BCUT2D eigenvalue weighted by molar-refractivity contribution is 7.16. The summed E-state index contributed by atoms with van der Waals surface area (Å²) in [5.74, 6) is 1.99. The van der Waals surface area contributed by atoms with E-state index in [0.29, 0.717) is 0 Å². The highest BCUT2D eigenvalue weighted by atomic mass is 31.0. The van der Waals surface area contributed by atoms with Crippen molar-refractivity contribution < 1.29 is 0 Å². The van der Waals surface area contributed by atoms with Crippen molar-refractivity contribution in [3.63, 3.8) is 0 Å². The van der Waals surface area contributed by atoms with Gasteiger partial charge >= 0.3 is 0 Å². The van der Waals surface area contributed by atoms with Gasteiger partial charge in [0.05, 0.1) is 0 Å². The van der Waals surface area contributed by atoms with E-state index >= 15 is 0 Å². The lowest BCUT2D eigenvalue weighted by Gasteiger charge is -2.25. The Labute approximate surface area is 104 Å². The summed E-state index contributed by atoms with van der Waals surface area (Å²) in [6, 6.07) is 0. The normalized spacial score (nSPS) is 21.1. The third kappa shape index (κ3) is 5.48. The highest BCUT2D eigenvalue weighted by Crippen LogP contribution is 2.33. The lowest BCUT2D eigenvalue weighted by molar-refractivity contribution is 0.281. The van der Waals surface area contributed by atoms with E-state index in [1.807, 2.05) is 0 Å². The molecule has 0 nitrogen and oxygen atoms in total. The largest absolute Gasteiger partial charge is 0.138 e. The monoisotopic (exact) mass is 240 g/mol. The summed E-state index contributed by atoms with van der Waals surface area (Å²) in [7, 11) is 2.87. The lowest BCUT2D eigenvalue weighted by atomic mass is 9.81.